The number of nitrogens with one attached hydrogen (secondary N) is 1. The SMILES string of the molecule is O=C1[C@H](Cc2ccc(O)cc2)N2C(=O)[C@@H](CCO)N(C(=O)NCc3ccccc3)[C@H]2CN1Cc1cccc2ccccc12. The van der Waals surface area contributed by atoms with Crippen LogP contribution in [0.15, 0.2) is 97.1 Å². The number of piperazine rings is 1. The summed E-state index contributed by atoms with van der Waals surface area (Å²) in [5, 5.41) is 24.7. The molecule has 2 aliphatic rings. The molecule has 9 nitrogen and oxygen atoms in total. The number of aliphatic hydroxyl groups excluding tert-OH is 1. The van der Waals surface area contributed by atoms with Crippen LogP contribution < -0.4 is 5.32 Å². The van der Waals surface area contributed by atoms with Crippen LogP contribution >= 0.6 is 0 Å². The fourth-order valence-electron chi connectivity index (χ4n) is 6.28. The second-order valence-corrected chi connectivity index (χ2v) is 11.0. The van der Waals surface area contributed by atoms with Crippen molar-refractivity contribution in [2.45, 2.75) is 44.2 Å². The van der Waals surface area contributed by atoms with Crippen LogP contribution in [0.2, 0.25) is 0 Å². The molecule has 0 saturated carbocycles. The summed E-state index contributed by atoms with van der Waals surface area (Å²) in [5.74, 6) is -0.452. The number of amides is 4. The third-order valence-electron chi connectivity index (χ3n) is 8.36. The molecule has 2 aliphatic heterocycles. The zero-order valence-corrected chi connectivity index (χ0v) is 23.7. The monoisotopic (exact) mass is 578 g/mol. The first-order valence-corrected chi connectivity index (χ1v) is 14.5. The van der Waals surface area contributed by atoms with E-state index >= 15 is 0 Å². The summed E-state index contributed by atoms with van der Waals surface area (Å²) >= 11 is 0. The maximum absolute atomic E-state index is 14.2. The van der Waals surface area contributed by atoms with E-state index in [0.717, 1.165) is 27.5 Å². The summed E-state index contributed by atoms with van der Waals surface area (Å²) in [7, 11) is 0. The molecule has 6 rings (SSSR count). The number of carbonyl (C=O) groups is 3. The fraction of sp³-hybridized carbons (Fsp3) is 0.265. The first-order valence-electron chi connectivity index (χ1n) is 14.5. The molecule has 4 aromatic carbocycles. The van der Waals surface area contributed by atoms with Crippen LogP contribution in [0.25, 0.3) is 10.8 Å². The van der Waals surface area contributed by atoms with Crippen LogP contribution in [0, 0.1) is 0 Å². The largest absolute Gasteiger partial charge is 0.508 e. The average molecular weight is 579 g/mol. The summed E-state index contributed by atoms with van der Waals surface area (Å²) in [6, 6.07) is 27.9. The third-order valence-corrected chi connectivity index (χ3v) is 8.36. The highest BCUT2D eigenvalue weighted by Gasteiger charge is 2.55. The first kappa shape index (κ1) is 28.2. The fourth-order valence-corrected chi connectivity index (χ4v) is 6.28. The molecule has 4 amide bonds. The summed E-state index contributed by atoms with van der Waals surface area (Å²) in [6.07, 6.45) is -0.429. The van der Waals surface area contributed by atoms with E-state index in [4.69, 9.17) is 0 Å². The van der Waals surface area contributed by atoms with E-state index in [9.17, 15) is 24.6 Å². The van der Waals surface area contributed by atoms with Crippen molar-refractivity contribution in [1.82, 2.24) is 20.0 Å². The lowest BCUT2D eigenvalue weighted by Crippen LogP contribution is -2.64. The van der Waals surface area contributed by atoms with Crippen LogP contribution in [0.5, 0.6) is 5.75 Å². The van der Waals surface area contributed by atoms with Gasteiger partial charge >= 0.3 is 6.03 Å². The Kier molecular flexibility index (Phi) is 7.98. The summed E-state index contributed by atoms with van der Waals surface area (Å²) in [6.45, 7) is 0.448. The van der Waals surface area contributed by atoms with E-state index < -0.39 is 24.3 Å². The van der Waals surface area contributed by atoms with Crippen molar-refractivity contribution in [2.75, 3.05) is 13.2 Å². The van der Waals surface area contributed by atoms with Gasteiger partial charge in [-0.15, -0.1) is 0 Å². The second kappa shape index (κ2) is 12.1. The molecule has 3 N–H and O–H groups in total. The van der Waals surface area contributed by atoms with E-state index in [1.165, 1.54) is 9.80 Å². The molecule has 43 heavy (non-hydrogen) atoms. The van der Waals surface area contributed by atoms with E-state index in [0.29, 0.717) is 6.54 Å². The maximum Gasteiger partial charge on any atom is 0.320 e. The molecule has 4 aromatic rings. The normalized spacial score (nSPS) is 20.0. The molecule has 0 aliphatic carbocycles. The van der Waals surface area contributed by atoms with Crippen LogP contribution in [-0.4, -0.2) is 74.2 Å². The van der Waals surface area contributed by atoms with Gasteiger partial charge in [0.25, 0.3) is 0 Å². The minimum Gasteiger partial charge on any atom is -0.508 e. The molecule has 9 heteroatoms. The molecular formula is C34H34N4O5. The van der Waals surface area contributed by atoms with Crippen molar-refractivity contribution in [3.8, 4) is 5.75 Å². The van der Waals surface area contributed by atoms with Gasteiger partial charge in [0, 0.05) is 32.5 Å². The zero-order chi connectivity index (χ0) is 29.9. The number of fused-ring (bicyclic) bond motifs is 2. The van der Waals surface area contributed by atoms with Crippen molar-refractivity contribution in [3.63, 3.8) is 0 Å². The Morgan fingerprint density at radius 3 is 2.30 bits per heavy atom. The van der Waals surface area contributed by atoms with E-state index in [-0.39, 0.29) is 50.1 Å². The van der Waals surface area contributed by atoms with E-state index in [2.05, 4.69) is 5.32 Å². The molecular weight excluding hydrogens is 544 g/mol. The van der Waals surface area contributed by atoms with Crippen molar-refractivity contribution < 1.29 is 24.6 Å². The van der Waals surface area contributed by atoms with Crippen molar-refractivity contribution in [2.24, 2.45) is 0 Å². The Balaban J connectivity index is 1.35. The van der Waals surface area contributed by atoms with Crippen molar-refractivity contribution in [3.05, 3.63) is 114 Å². The zero-order valence-electron chi connectivity index (χ0n) is 23.7. The lowest BCUT2D eigenvalue weighted by atomic mass is 9.98. The Morgan fingerprint density at radius 2 is 1.53 bits per heavy atom. The highest BCUT2D eigenvalue weighted by molar-refractivity contribution is 5.96. The maximum atomic E-state index is 14.2. The number of phenols is 1. The smallest absolute Gasteiger partial charge is 0.320 e. The van der Waals surface area contributed by atoms with E-state index in [1.807, 2.05) is 72.8 Å². The number of carbonyl (C=O) groups excluding carboxylic acids is 3. The van der Waals surface area contributed by atoms with Crippen molar-refractivity contribution in [1.29, 1.82) is 0 Å². The number of rotatable bonds is 8. The highest BCUT2D eigenvalue weighted by Crippen LogP contribution is 2.34. The summed E-state index contributed by atoms with van der Waals surface area (Å²) < 4.78 is 0. The molecule has 2 heterocycles. The molecule has 0 bridgehead atoms. The molecule has 0 radical (unpaired) electrons. The highest BCUT2D eigenvalue weighted by atomic mass is 16.3. The average Bonchev–Trinajstić information content (AvgIpc) is 3.30. The quantitative estimate of drug-likeness (QED) is 0.296. The van der Waals surface area contributed by atoms with Crippen LogP contribution in [-0.2, 0) is 29.1 Å². The van der Waals surface area contributed by atoms with Crippen molar-refractivity contribution >= 4 is 28.6 Å². The van der Waals surface area contributed by atoms with Gasteiger partial charge in [0.2, 0.25) is 11.8 Å². The predicted octanol–water partition coefficient (Wildman–Crippen LogP) is 3.63. The molecule has 0 unspecified atom stereocenters. The molecule has 0 spiro atoms. The van der Waals surface area contributed by atoms with Gasteiger partial charge in [0.1, 0.15) is 24.0 Å². The molecule has 0 aromatic heterocycles. The van der Waals surface area contributed by atoms with Crippen LogP contribution in [0.4, 0.5) is 4.79 Å². The van der Waals surface area contributed by atoms with Gasteiger partial charge in [-0.2, -0.15) is 0 Å². The minimum absolute atomic E-state index is 0.0635. The Morgan fingerprint density at radius 1 is 0.814 bits per heavy atom. The lowest BCUT2D eigenvalue weighted by Gasteiger charge is -2.44. The summed E-state index contributed by atoms with van der Waals surface area (Å²) in [4.78, 5) is 46.7. The van der Waals surface area contributed by atoms with Gasteiger partial charge in [-0.05, 0) is 39.6 Å². The first-order chi connectivity index (χ1) is 20.9. The standard InChI is InChI=1S/C34H34N4O5/c39-18-17-29-33(42)37-30(19-23-13-15-27(40)16-14-23)32(41)36(21-26-11-6-10-25-9-4-5-12-28(25)26)22-31(37)38(29)34(43)35-20-24-7-2-1-3-8-24/h1-16,29-31,39-40H,17-22H2,(H,35,43)/t29-,30+,31+/m1/s1. The lowest BCUT2D eigenvalue weighted by molar-refractivity contribution is -0.153. The van der Waals surface area contributed by atoms with E-state index in [1.54, 1.807) is 29.2 Å². The number of benzene rings is 4. The third kappa shape index (κ3) is 5.63. The Bertz CT molecular complexity index is 1620. The molecule has 3 atom stereocenters. The van der Waals surface area contributed by atoms with Gasteiger partial charge < -0.3 is 25.3 Å². The van der Waals surface area contributed by atoms with Gasteiger partial charge in [-0.25, -0.2) is 4.79 Å². The van der Waals surface area contributed by atoms with Crippen LogP contribution in [0.1, 0.15) is 23.1 Å². The molecule has 2 saturated heterocycles. The topological polar surface area (TPSA) is 113 Å². The molecule has 2 fully saturated rings. The Hall–Kier alpha value is -4.89. The second-order valence-electron chi connectivity index (χ2n) is 11.0. The number of aliphatic hydroxyl groups is 1. The van der Waals surface area contributed by atoms with Gasteiger partial charge in [0.15, 0.2) is 0 Å². The molecule has 220 valence electrons. The van der Waals surface area contributed by atoms with Crippen LogP contribution in [0.3, 0.4) is 0 Å². The van der Waals surface area contributed by atoms with Gasteiger partial charge in [-0.3, -0.25) is 14.5 Å². The number of phenolic OH excluding ortho intramolecular Hbond substituents is 1. The number of aromatic hydroxyl groups is 1. The Labute approximate surface area is 249 Å². The number of hydrogen-bond donors (Lipinski definition) is 3. The number of nitrogens with zero attached hydrogens (tertiary/aromatic N) is 3. The summed E-state index contributed by atoms with van der Waals surface area (Å²) in [5.41, 5.74) is 2.67. The predicted molar refractivity (Wildman–Crippen MR) is 162 cm³/mol. The van der Waals surface area contributed by atoms with Gasteiger partial charge in [0.05, 0.1) is 6.54 Å². The minimum atomic E-state index is -0.904. The van der Waals surface area contributed by atoms with Gasteiger partial charge in [-0.1, -0.05) is 84.9 Å². The number of hydrogen-bond acceptors (Lipinski definition) is 5. The number of urea groups is 1.